The number of morpholine rings is 1. The zero-order valence-corrected chi connectivity index (χ0v) is 17.5. The molecule has 1 aliphatic heterocycles. The van der Waals surface area contributed by atoms with Crippen LogP contribution in [0.25, 0.3) is 0 Å². The van der Waals surface area contributed by atoms with E-state index in [0.717, 1.165) is 58.4 Å². The Morgan fingerprint density at radius 2 is 1.93 bits per heavy atom. The molecule has 1 heterocycles. The summed E-state index contributed by atoms with van der Waals surface area (Å²) in [4.78, 5) is 7.17. The second-order valence-corrected chi connectivity index (χ2v) is 7.91. The van der Waals surface area contributed by atoms with E-state index < -0.39 is 0 Å². The molecule has 1 saturated heterocycles. The Kier molecular flexibility index (Phi) is 7.98. The van der Waals surface area contributed by atoms with Crippen molar-refractivity contribution in [3.63, 3.8) is 0 Å². The lowest BCUT2D eigenvalue weighted by Gasteiger charge is -2.42. The van der Waals surface area contributed by atoms with Gasteiger partial charge in [-0.3, -0.25) is 0 Å². The molecular formula is C22H36N4O2. The second kappa shape index (κ2) is 10.7. The minimum Gasteiger partial charge on any atom is -0.385 e. The number of benzene rings is 1. The van der Waals surface area contributed by atoms with Crippen molar-refractivity contribution in [2.24, 2.45) is 10.4 Å². The van der Waals surface area contributed by atoms with E-state index in [0.29, 0.717) is 12.0 Å². The number of rotatable bonds is 9. The molecule has 1 aromatic carbocycles. The van der Waals surface area contributed by atoms with Gasteiger partial charge in [-0.1, -0.05) is 18.6 Å². The summed E-state index contributed by atoms with van der Waals surface area (Å²) < 4.78 is 10.7. The Bertz CT molecular complexity index is 607. The molecule has 2 aliphatic rings. The smallest absolute Gasteiger partial charge is 0.191 e. The van der Waals surface area contributed by atoms with Gasteiger partial charge in [0.1, 0.15) is 0 Å². The third kappa shape index (κ3) is 5.85. The second-order valence-electron chi connectivity index (χ2n) is 7.91. The van der Waals surface area contributed by atoms with Crippen LogP contribution < -0.4 is 15.5 Å². The van der Waals surface area contributed by atoms with Gasteiger partial charge < -0.3 is 25.0 Å². The Hall–Kier alpha value is -1.79. The zero-order chi connectivity index (χ0) is 19.7. The number of anilines is 1. The van der Waals surface area contributed by atoms with Crippen LogP contribution in [0.3, 0.4) is 0 Å². The summed E-state index contributed by atoms with van der Waals surface area (Å²) in [6, 6.07) is 8.77. The normalized spacial score (nSPS) is 19.2. The largest absolute Gasteiger partial charge is 0.385 e. The predicted molar refractivity (Wildman–Crippen MR) is 115 cm³/mol. The highest BCUT2D eigenvalue weighted by Gasteiger charge is 2.36. The number of hydrogen-bond acceptors (Lipinski definition) is 4. The molecule has 0 bridgehead atoms. The zero-order valence-electron chi connectivity index (χ0n) is 17.5. The lowest BCUT2D eigenvalue weighted by molar-refractivity contribution is 0.0732. The summed E-state index contributed by atoms with van der Waals surface area (Å²) in [6.07, 6.45) is 5.02. The first-order chi connectivity index (χ1) is 13.7. The van der Waals surface area contributed by atoms with Gasteiger partial charge in [-0.25, -0.2) is 4.99 Å². The molecule has 2 N–H and O–H groups in total. The van der Waals surface area contributed by atoms with E-state index in [4.69, 9.17) is 14.5 Å². The first-order valence-corrected chi connectivity index (χ1v) is 10.7. The third-order valence-corrected chi connectivity index (χ3v) is 5.96. The van der Waals surface area contributed by atoms with Crippen molar-refractivity contribution in [3.05, 3.63) is 29.8 Å². The topological polar surface area (TPSA) is 58.1 Å². The lowest BCUT2D eigenvalue weighted by Crippen LogP contribution is -2.46. The molecule has 1 aromatic rings. The maximum Gasteiger partial charge on any atom is 0.191 e. The van der Waals surface area contributed by atoms with Crippen LogP contribution in [-0.4, -0.2) is 59.1 Å². The van der Waals surface area contributed by atoms with Crippen molar-refractivity contribution in [1.82, 2.24) is 10.6 Å². The number of guanidine groups is 1. The molecule has 2 fully saturated rings. The van der Waals surface area contributed by atoms with Crippen LogP contribution in [0.4, 0.5) is 5.69 Å². The van der Waals surface area contributed by atoms with Crippen LogP contribution in [0, 0.1) is 5.41 Å². The van der Waals surface area contributed by atoms with Gasteiger partial charge >= 0.3 is 0 Å². The average Bonchev–Trinajstić information content (AvgIpc) is 2.72. The van der Waals surface area contributed by atoms with Crippen molar-refractivity contribution in [1.29, 1.82) is 0 Å². The monoisotopic (exact) mass is 388 g/mol. The molecule has 3 rings (SSSR count). The summed E-state index contributed by atoms with van der Waals surface area (Å²) in [7, 11) is 1.79. The highest BCUT2D eigenvalue weighted by molar-refractivity contribution is 5.79. The van der Waals surface area contributed by atoms with Gasteiger partial charge in [-0.2, -0.15) is 0 Å². The highest BCUT2D eigenvalue weighted by Crippen LogP contribution is 2.43. The van der Waals surface area contributed by atoms with Gasteiger partial charge in [0.2, 0.25) is 0 Å². The summed E-state index contributed by atoms with van der Waals surface area (Å²) in [5.74, 6) is 0.906. The van der Waals surface area contributed by atoms with Gasteiger partial charge in [0.05, 0.1) is 19.8 Å². The Balaban J connectivity index is 1.53. The Labute approximate surface area is 169 Å². The van der Waals surface area contributed by atoms with Crippen LogP contribution in [0.2, 0.25) is 0 Å². The van der Waals surface area contributed by atoms with Gasteiger partial charge in [0.25, 0.3) is 0 Å². The van der Waals surface area contributed by atoms with E-state index in [2.05, 4.69) is 46.7 Å². The number of nitrogens with zero attached hydrogens (tertiary/aromatic N) is 2. The van der Waals surface area contributed by atoms with E-state index in [1.807, 2.05) is 0 Å². The highest BCUT2D eigenvalue weighted by atomic mass is 16.5. The summed E-state index contributed by atoms with van der Waals surface area (Å²) >= 11 is 0. The minimum absolute atomic E-state index is 0.381. The van der Waals surface area contributed by atoms with Gasteiger partial charge in [0, 0.05) is 45.6 Å². The van der Waals surface area contributed by atoms with E-state index in [9.17, 15) is 0 Å². The standard InChI is InChI=1S/C22H36N4O2/c1-3-23-21(25-18-22(9-4-10-22)11-14-27-2)24-17-19-5-7-20(8-6-19)26-12-15-28-16-13-26/h5-8H,3-4,9-18H2,1-2H3,(H2,23,24,25). The molecule has 0 unspecified atom stereocenters. The molecule has 0 spiro atoms. The fourth-order valence-corrected chi connectivity index (χ4v) is 3.93. The number of ether oxygens (including phenoxy) is 2. The molecule has 0 atom stereocenters. The molecule has 156 valence electrons. The van der Waals surface area contributed by atoms with Crippen LogP contribution in [0.15, 0.2) is 29.3 Å². The van der Waals surface area contributed by atoms with Crippen molar-refractivity contribution in [2.45, 2.75) is 39.2 Å². The molecule has 0 radical (unpaired) electrons. The molecule has 6 heteroatoms. The molecule has 1 saturated carbocycles. The van der Waals surface area contributed by atoms with Gasteiger partial charge in [-0.05, 0) is 49.3 Å². The minimum atomic E-state index is 0.381. The Morgan fingerprint density at radius 3 is 2.54 bits per heavy atom. The van der Waals surface area contributed by atoms with Crippen molar-refractivity contribution >= 4 is 11.6 Å². The predicted octanol–water partition coefficient (Wildman–Crippen LogP) is 2.79. The van der Waals surface area contributed by atoms with Crippen molar-refractivity contribution in [3.8, 4) is 0 Å². The molecular weight excluding hydrogens is 352 g/mol. The summed E-state index contributed by atoms with van der Waals surface area (Å²) in [5.41, 5.74) is 2.88. The van der Waals surface area contributed by atoms with Crippen LogP contribution >= 0.6 is 0 Å². The first kappa shape index (κ1) is 20.9. The third-order valence-electron chi connectivity index (χ3n) is 5.96. The maximum atomic E-state index is 5.43. The molecule has 6 nitrogen and oxygen atoms in total. The quantitative estimate of drug-likeness (QED) is 0.503. The van der Waals surface area contributed by atoms with Crippen molar-refractivity contribution in [2.75, 3.05) is 58.0 Å². The fourth-order valence-electron chi connectivity index (χ4n) is 3.93. The molecule has 28 heavy (non-hydrogen) atoms. The summed E-state index contributed by atoms with van der Waals surface area (Å²) in [5, 5.41) is 6.95. The molecule has 0 aromatic heterocycles. The van der Waals surface area contributed by atoms with Crippen LogP contribution in [0.1, 0.15) is 38.2 Å². The fraction of sp³-hybridized carbons (Fsp3) is 0.682. The van der Waals surface area contributed by atoms with E-state index in [-0.39, 0.29) is 0 Å². The maximum absolute atomic E-state index is 5.43. The molecule has 0 amide bonds. The number of aliphatic imine (C=N–C) groups is 1. The summed E-state index contributed by atoms with van der Waals surface area (Å²) in [6.45, 7) is 9.04. The van der Waals surface area contributed by atoms with E-state index in [1.165, 1.54) is 30.5 Å². The molecule has 1 aliphatic carbocycles. The van der Waals surface area contributed by atoms with Crippen LogP contribution in [0.5, 0.6) is 0 Å². The lowest BCUT2D eigenvalue weighted by atomic mass is 9.67. The number of hydrogen-bond donors (Lipinski definition) is 2. The first-order valence-electron chi connectivity index (χ1n) is 10.7. The Morgan fingerprint density at radius 1 is 1.18 bits per heavy atom. The van der Waals surface area contributed by atoms with E-state index >= 15 is 0 Å². The average molecular weight is 389 g/mol. The number of methoxy groups -OCH3 is 1. The van der Waals surface area contributed by atoms with Gasteiger partial charge in [0.15, 0.2) is 5.96 Å². The SMILES string of the molecule is CCNC(=NCc1ccc(N2CCOCC2)cc1)NCC1(CCOC)CCC1. The number of nitrogens with one attached hydrogen (secondary N) is 2. The van der Waals surface area contributed by atoms with Gasteiger partial charge in [-0.15, -0.1) is 0 Å². The van der Waals surface area contributed by atoms with E-state index in [1.54, 1.807) is 7.11 Å². The van der Waals surface area contributed by atoms with Crippen molar-refractivity contribution < 1.29 is 9.47 Å². The van der Waals surface area contributed by atoms with Crippen LogP contribution in [-0.2, 0) is 16.0 Å².